The standard InChI is InChI=1S/C14H20ClN/c15-13-8-7-12(14(16)10-13)9-11-5-3-1-2-4-6-11/h7-8,10-11H,1-6,9,16H2. The topological polar surface area (TPSA) is 26.0 Å². The van der Waals surface area contributed by atoms with E-state index in [0.29, 0.717) is 0 Å². The minimum Gasteiger partial charge on any atom is -0.398 e. The summed E-state index contributed by atoms with van der Waals surface area (Å²) in [5.41, 5.74) is 8.13. The van der Waals surface area contributed by atoms with E-state index in [2.05, 4.69) is 6.07 Å². The van der Waals surface area contributed by atoms with Crippen LogP contribution in [-0.4, -0.2) is 0 Å². The molecule has 1 saturated carbocycles. The molecular weight excluding hydrogens is 218 g/mol. The van der Waals surface area contributed by atoms with E-state index in [-0.39, 0.29) is 0 Å². The fourth-order valence-corrected chi connectivity index (χ4v) is 2.81. The van der Waals surface area contributed by atoms with Gasteiger partial charge >= 0.3 is 0 Å². The highest BCUT2D eigenvalue weighted by Crippen LogP contribution is 2.28. The Bertz CT molecular complexity index is 341. The SMILES string of the molecule is Nc1cc(Cl)ccc1CC1CCCCCC1. The number of anilines is 1. The second-order valence-corrected chi connectivity index (χ2v) is 5.34. The van der Waals surface area contributed by atoms with Gasteiger partial charge in [0.15, 0.2) is 0 Å². The number of nitrogen functional groups attached to an aromatic ring is 1. The van der Waals surface area contributed by atoms with E-state index in [9.17, 15) is 0 Å². The van der Waals surface area contributed by atoms with Gasteiger partial charge in [0, 0.05) is 10.7 Å². The van der Waals surface area contributed by atoms with Gasteiger partial charge in [-0.2, -0.15) is 0 Å². The number of hydrogen-bond acceptors (Lipinski definition) is 1. The lowest BCUT2D eigenvalue weighted by molar-refractivity contribution is 0.458. The molecule has 2 N–H and O–H groups in total. The average molecular weight is 238 g/mol. The van der Waals surface area contributed by atoms with Gasteiger partial charge in [-0.3, -0.25) is 0 Å². The van der Waals surface area contributed by atoms with Crippen LogP contribution in [0.15, 0.2) is 18.2 Å². The largest absolute Gasteiger partial charge is 0.398 e. The van der Waals surface area contributed by atoms with Crippen molar-refractivity contribution in [2.75, 3.05) is 5.73 Å². The first kappa shape index (κ1) is 11.8. The first-order chi connectivity index (χ1) is 7.75. The van der Waals surface area contributed by atoms with Crippen LogP contribution in [0, 0.1) is 5.92 Å². The van der Waals surface area contributed by atoms with Crippen molar-refractivity contribution in [1.82, 2.24) is 0 Å². The second kappa shape index (κ2) is 5.58. The molecule has 0 radical (unpaired) electrons. The van der Waals surface area contributed by atoms with Crippen molar-refractivity contribution in [2.45, 2.75) is 44.9 Å². The van der Waals surface area contributed by atoms with Gasteiger partial charge in [0.05, 0.1) is 0 Å². The molecule has 1 aliphatic carbocycles. The van der Waals surface area contributed by atoms with Crippen molar-refractivity contribution in [3.8, 4) is 0 Å². The fourth-order valence-electron chi connectivity index (χ4n) is 2.63. The molecule has 0 spiro atoms. The molecule has 0 aromatic heterocycles. The van der Waals surface area contributed by atoms with Crippen molar-refractivity contribution < 1.29 is 0 Å². The number of benzene rings is 1. The molecule has 2 rings (SSSR count). The quantitative estimate of drug-likeness (QED) is 0.598. The van der Waals surface area contributed by atoms with Gasteiger partial charge in [-0.15, -0.1) is 0 Å². The van der Waals surface area contributed by atoms with Gasteiger partial charge in [-0.25, -0.2) is 0 Å². The van der Waals surface area contributed by atoms with E-state index in [1.807, 2.05) is 12.1 Å². The Morgan fingerprint density at radius 2 is 1.81 bits per heavy atom. The molecule has 1 aromatic rings. The number of rotatable bonds is 2. The highest BCUT2D eigenvalue weighted by Gasteiger charge is 2.14. The maximum atomic E-state index is 5.99. The molecule has 0 amide bonds. The molecule has 1 aliphatic rings. The zero-order valence-electron chi connectivity index (χ0n) is 9.71. The molecular formula is C14H20ClN. The summed E-state index contributed by atoms with van der Waals surface area (Å²) in [5.74, 6) is 0.825. The Labute approximate surface area is 103 Å². The summed E-state index contributed by atoms with van der Waals surface area (Å²) in [7, 11) is 0. The summed E-state index contributed by atoms with van der Waals surface area (Å²) in [4.78, 5) is 0. The second-order valence-electron chi connectivity index (χ2n) is 4.90. The summed E-state index contributed by atoms with van der Waals surface area (Å²) in [5, 5.41) is 0.738. The zero-order valence-corrected chi connectivity index (χ0v) is 10.5. The van der Waals surface area contributed by atoms with Crippen molar-refractivity contribution in [1.29, 1.82) is 0 Å². The Hall–Kier alpha value is -0.690. The van der Waals surface area contributed by atoms with Crippen LogP contribution in [0.5, 0.6) is 0 Å². The number of halogens is 1. The third kappa shape index (κ3) is 3.15. The number of nitrogens with two attached hydrogens (primary N) is 1. The lowest BCUT2D eigenvalue weighted by atomic mass is 9.92. The molecule has 88 valence electrons. The van der Waals surface area contributed by atoms with E-state index in [4.69, 9.17) is 17.3 Å². The van der Waals surface area contributed by atoms with Gasteiger partial charge in [0.25, 0.3) is 0 Å². The van der Waals surface area contributed by atoms with Crippen molar-refractivity contribution in [3.05, 3.63) is 28.8 Å². The Morgan fingerprint density at radius 3 is 2.44 bits per heavy atom. The van der Waals surface area contributed by atoms with E-state index in [1.54, 1.807) is 0 Å². The first-order valence-electron chi connectivity index (χ1n) is 6.29. The summed E-state index contributed by atoms with van der Waals surface area (Å²) in [6.07, 6.45) is 9.45. The third-order valence-electron chi connectivity index (χ3n) is 3.59. The van der Waals surface area contributed by atoms with E-state index in [0.717, 1.165) is 23.0 Å². The monoisotopic (exact) mass is 237 g/mol. The highest BCUT2D eigenvalue weighted by molar-refractivity contribution is 6.30. The van der Waals surface area contributed by atoms with E-state index >= 15 is 0 Å². The summed E-state index contributed by atoms with van der Waals surface area (Å²) < 4.78 is 0. The van der Waals surface area contributed by atoms with Crippen LogP contribution in [0.25, 0.3) is 0 Å². The maximum absolute atomic E-state index is 5.99. The average Bonchev–Trinajstić information content (AvgIpc) is 2.51. The summed E-state index contributed by atoms with van der Waals surface area (Å²) >= 11 is 5.91. The minimum absolute atomic E-state index is 0.738. The van der Waals surface area contributed by atoms with Crippen molar-refractivity contribution in [3.63, 3.8) is 0 Å². The summed E-state index contributed by atoms with van der Waals surface area (Å²) in [6, 6.07) is 5.90. The zero-order chi connectivity index (χ0) is 11.4. The summed E-state index contributed by atoms with van der Waals surface area (Å²) in [6.45, 7) is 0. The molecule has 0 bridgehead atoms. The van der Waals surface area contributed by atoms with Crippen LogP contribution in [0.4, 0.5) is 5.69 Å². The van der Waals surface area contributed by atoms with Crippen LogP contribution in [0.3, 0.4) is 0 Å². The smallest absolute Gasteiger partial charge is 0.0426 e. The van der Waals surface area contributed by atoms with Gasteiger partial charge in [0.2, 0.25) is 0 Å². The molecule has 16 heavy (non-hydrogen) atoms. The maximum Gasteiger partial charge on any atom is 0.0426 e. The third-order valence-corrected chi connectivity index (χ3v) is 3.83. The van der Waals surface area contributed by atoms with Crippen LogP contribution in [0.2, 0.25) is 5.02 Å². The minimum atomic E-state index is 0.738. The van der Waals surface area contributed by atoms with E-state index in [1.165, 1.54) is 44.1 Å². The molecule has 0 unspecified atom stereocenters. The van der Waals surface area contributed by atoms with Crippen molar-refractivity contribution in [2.24, 2.45) is 5.92 Å². The Kier molecular flexibility index (Phi) is 4.11. The van der Waals surface area contributed by atoms with Gasteiger partial charge in [0.1, 0.15) is 0 Å². The Balaban J connectivity index is 2.01. The number of hydrogen-bond donors (Lipinski definition) is 1. The molecule has 1 nitrogen and oxygen atoms in total. The molecule has 1 fully saturated rings. The van der Waals surface area contributed by atoms with Crippen LogP contribution in [0.1, 0.15) is 44.1 Å². The first-order valence-corrected chi connectivity index (χ1v) is 6.67. The molecule has 1 aromatic carbocycles. The molecule has 2 heteroatoms. The van der Waals surface area contributed by atoms with Crippen LogP contribution in [-0.2, 0) is 6.42 Å². The highest BCUT2D eigenvalue weighted by atomic mass is 35.5. The van der Waals surface area contributed by atoms with Crippen LogP contribution >= 0.6 is 11.6 Å². The molecule has 0 heterocycles. The van der Waals surface area contributed by atoms with Gasteiger partial charge < -0.3 is 5.73 Å². The van der Waals surface area contributed by atoms with Crippen molar-refractivity contribution >= 4 is 17.3 Å². The van der Waals surface area contributed by atoms with E-state index < -0.39 is 0 Å². The Morgan fingerprint density at radius 1 is 1.12 bits per heavy atom. The molecule has 0 aliphatic heterocycles. The predicted molar refractivity (Wildman–Crippen MR) is 70.8 cm³/mol. The molecule has 0 atom stereocenters. The lowest BCUT2D eigenvalue weighted by Gasteiger charge is -2.15. The lowest BCUT2D eigenvalue weighted by Crippen LogP contribution is -2.05. The predicted octanol–water partition coefficient (Wildman–Crippen LogP) is 4.44. The molecule has 0 saturated heterocycles. The van der Waals surface area contributed by atoms with Gasteiger partial charge in [-0.05, 0) is 30.0 Å². The van der Waals surface area contributed by atoms with Crippen LogP contribution < -0.4 is 5.73 Å². The normalized spacial score (nSPS) is 18.3. The fraction of sp³-hybridized carbons (Fsp3) is 0.571. The van der Waals surface area contributed by atoms with Gasteiger partial charge in [-0.1, -0.05) is 56.2 Å².